The van der Waals surface area contributed by atoms with Crippen LogP contribution < -0.4 is 11.3 Å². The lowest BCUT2D eigenvalue weighted by molar-refractivity contribution is 0.0929. The fourth-order valence-corrected chi connectivity index (χ4v) is 3.52. The standard InChI is InChI=1S/C15H22N2O/c1-10-13(6-7-18-10)15(17-16)9-12-8-11-4-2-3-5-14(11)12/h2-5,10,12-13,15,17H,6-9,16H2,1H3. The van der Waals surface area contributed by atoms with Gasteiger partial charge in [0.15, 0.2) is 0 Å². The van der Waals surface area contributed by atoms with Gasteiger partial charge in [-0.1, -0.05) is 24.3 Å². The van der Waals surface area contributed by atoms with Crippen LogP contribution >= 0.6 is 0 Å². The average molecular weight is 246 g/mol. The highest BCUT2D eigenvalue weighted by Crippen LogP contribution is 2.40. The highest BCUT2D eigenvalue weighted by molar-refractivity contribution is 5.39. The summed E-state index contributed by atoms with van der Waals surface area (Å²) >= 11 is 0. The van der Waals surface area contributed by atoms with Crippen LogP contribution in [-0.2, 0) is 11.2 Å². The van der Waals surface area contributed by atoms with Crippen LogP contribution in [0, 0.1) is 5.92 Å². The van der Waals surface area contributed by atoms with Crippen molar-refractivity contribution in [2.24, 2.45) is 11.8 Å². The van der Waals surface area contributed by atoms with Crippen LogP contribution in [0.2, 0.25) is 0 Å². The number of fused-ring (bicyclic) bond motifs is 1. The summed E-state index contributed by atoms with van der Waals surface area (Å²) in [6.45, 7) is 3.04. The second-order valence-corrected chi connectivity index (χ2v) is 5.64. The zero-order valence-corrected chi connectivity index (χ0v) is 10.9. The molecule has 3 N–H and O–H groups in total. The zero-order valence-electron chi connectivity index (χ0n) is 10.9. The second kappa shape index (κ2) is 5.00. The molecular weight excluding hydrogens is 224 g/mol. The number of rotatable bonds is 4. The minimum absolute atomic E-state index is 0.335. The summed E-state index contributed by atoms with van der Waals surface area (Å²) in [7, 11) is 0. The number of nitrogens with one attached hydrogen (secondary N) is 1. The molecule has 3 heteroatoms. The number of nitrogens with two attached hydrogens (primary N) is 1. The molecule has 4 unspecified atom stereocenters. The van der Waals surface area contributed by atoms with Gasteiger partial charge in [0.05, 0.1) is 6.10 Å². The van der Waals surface area contributed by atoms with Gasteiger partial charge in [0.2, 0.25) is 0 Å². The van der Waals surface area contributed by atoms with Gasteiger partial charge in [-0.2, -0.15) is 0 Å². The summed E-state index contributed by atoms with van der Waals surface area (Å²) in [5.41, 5.74) is 6.05. The molecule has 1 aliphatic heterocycles. The Bertz CT molecular complexity index is 421. The third-order valence-electron chi connectivity index (χ3n) is 4.67. The molecule has 1 fully saturated rings. The van der Waals surface area contributed by atoms with E-state index in [-0.39, 0.29) is 0 Å². The quantitative estimate of drug-likeness (QED) is 0.631. The normalized spacial score (nSPS) is 31.8. The molecule has 1 aromatic carbocycles. The Hall–Kier alpha value is -0.900. The van der Waals surface area contributed by atoms with Gasteiger partial charge in [0, 0.05) is 18.6 Å². The minimum atomic E-state index is 0.335. The lowest BCUT2D eigenvalue weighted by atomic mass is 9.72. The summed E-state index contributed by atoms with van der Waals surface area (Å²) in [6, 6.07) is 9.13. The average Bonchev–Trinajstić information content (AvgIpc) is 2.77. The summed E-state index contributed by atoms with van der Waals surface area (Å²) < 4.78 is 5.66. The first-order chi connectivity index (χ1) is 8.79. The van der Waals surface area contributed by atoms with Crippen LogP contribution in [0.3, 0.4) is 0 Å². The smallest absolute Gasteiger partial charge is 0.0591 e. The third kappa shape index (κ3) is 2.07. The van der Waals surface area contributed by atoms with E-state index in [9.17, 15) is 0 Å². The first kappa shape index (κ1) is 12.2. The predicted molar refractivity (Wildman–Crippen MR) is 72.1 cm³/mol. The van der Waals surface area contributed by atoms with Crippen LogP contribution in [0.1, 0.15) is 36.8 Å². The molecule has 1 aromatic rings. The zero-order chi connectivity index (χ0) is 12.5. The van der Waals surface area contributed by atoms with Gasteiger partial charge in [-0.25, -0.2) is 0 Å². The van der Waals surface area contributed by atoms with E-state index in [1.54, 1.807) is 0 Å². The maximum absolute atomic E-state index is 5.76. The first-order valence-corrected chi connectivity index (χ1v) is 6.95. The largest absolute Gasteiger partial charge is 0.378 e. The number of hydrogen-bond donors (Lipinski definition) is 2. The topological polar surface area (TPSA) is 47.3 Å². The van der Waals surface area contributed by atoms with E-state index in [4.69, 9.17) is 10.6 Å². The molecular formula is C15H22N2O. The highest BCUT2D eigenvalue weighted by atomic mass is 16.5. The van der Waals surface area contributed by atoms with E-state index in [0.29, 0.717) is 24.0 Å². The van der Waals surface area contributed by atoms with E-state index in [0.717, 1.165) is 19.4 Å². The van der Waals surface area contributed by atoms with Crippen molar-refractivity contribution in [1.29, 1.82) is 0 Å². The maximum atomic E-state index is 5.76. The maximum Gasteiger partial charge on any atom is 0.0591 e. The number of hydrazine groups is 1. The van der Waals surface area contributed by atoms with E-state index in [1.165, 1.54) is 17.5 Å². The van der Waals surface area contributed by atoms with Crippen LogP contribution in [0.15, 0.2) is 24.3 Å². The Balaban J connectivity index is 1.66. The molecule has 1 heterocycles. The molecule has 0 spiro atoms. The van der Waals surface area contributed by atoms with Crippen LogP contribution in [0.25, 0.3) is 0 Å². The molecule has 18 heavy (non-hydrogen) atoms. The number of benzene rings is 1. The van der Waals surface area contributed by atoms with E-state index in [1.807, 2.05) is 0 Å². The third-order valence-corrected chi connectivity index (χ3v) is 4.67. The van der Waals surface area contributed by atoms with Crippen molar-refractivity contribution in [2.75, 3.05) is 6.61 Å². The lowest BCUT2D eigenvalue weighted by Crippen LogP contribution is -2.45. The van der Waals surface area contributed by atoms with E-state index < -0.39 is 0 Å². The van der Waals surface area contributed by atoms with Crippen LogP contribution in [-0.4, -0.2) is 18.8 Å². The van der Waals surface area contributed by atoms with Gasteiger partial charge >= 0.3 is 0 Å². The predicted octanol–water partition coefficient (Wildman–Crippen LogP) is 1.97. The van der Waals surface area contributed by atoms with Crippen molar-refractivity contribution < 1.29 is 4.74 Å². The lowest BCUT2D eigenvalue weighted by Gasteiger charge is -2.35. The summed E-state index contributed by atoms with van der Waals surface area (Å²) in [5.74, 6) is 6.99. The van der Waals surface area contributed by atoms with Crippen molar-refractivity contribution in [3.63, 3.8) is 0 Å². The van der Waals surface area contributed by atoms with Gasteiger partial charge < -0.3 is 4.74 Å². The Labute approximate surface area is 109 Å². The molecule has 0 bridgehead atoms. The summed E-state index contributed by atoms with van der Waals surface area (Å²) in [5, 5.41) is 0. The monoisotopic (exact) mass is 246 g/mol. The molecule has 0 aromatic heterocycles. The van der Waals surface area contributed by atoms with Crippen molar-refractivity contribution in [1.82, 2.24) is 5.43 Å². The van der Waals surface area contributed by atoms with Crippen molar-refractivity contribution in [3.8, 4) is 0 Å². The Morgan fingerprint density at radius 2 is 2.28 bits per heavy atom. The van der Waals surface area contributed by atoms with Gasteiger partial charge in [0.25, 0.3) is 0 Å². The molecule has 98 valence electrons. The van der Waals surface area contributed by atoms with Gasteiger partial charge in [-0.05, 0) is 43.2 Å². The molecule has 0 radical (unpaired) electrons. The summed E-state index contributed by atoms with van der Waals surface area (Å²) in [4.78, 5) is 0. The molecule has 3 nitrogen and oxygen atoms in total. The fraction of sp³-hybridized carbons (Fsp3) is 0.600. The SMILES string of the molecule is CC1OCCC1C(CC1Cc2ccccc21)NN. The van der Waals surface area contributed by atoms with Crippen molar-refractivity contribution in [3.05, 3.63) is 35.4 Å². The molecule has 0 amide bonds. The van der Waals surface area contributed by atoms with E-state index in [2.05, 4.69) is 36.6 Å². The molecule has 0 saturated carbocycles. The minimum Gasteiger partial charge on any atom is -0.378 e. The Morgan fingerprint density at radius 3 is 2.94 bits per heavy atom. The van der Waals surface area contributed by atoms with Gasteiger partial charge in [0.1, 0.15) is 0 Å². The van der Waals surface area contributed by atoms with Crippen molar-refractivity contribution in [2.45, 2.75) is 44.2 Å². The Kier molecular flexibility index (Phi) is 3.37. The molecule has 3 rings (SSSR count). The van der Waals surface area contributed by atoms with Gasteiger partial charge in [-0.3, -0.25) is 11.3 Å². The highest BCUT2D eigenvalue weighted by Gasteiger charge is 2.35. The molecule has 4 atom stereocenters. The van der Waals surface area contributed by atoms with E-state index >= 15 is 0 Å². The second-order valence-electron chi connectivity index (χ2n) is 5.64. The molecule has 1 saturated heterocycles. The summed E-state index contributed by atoms with van der Waals surface area (Å²) in [6.07, 6.45) is 3.80. The number of ether oxygens (including phenoxy) is 1. The fourth-order valence-electron chi connectivity index (χ4n) is 3.52. The van der Waals surface area contributed by atoms with Gasteiger partial charge in [-0.15, -0.1) is 0 Å². The molecule has 2 aliphatic rings. The van der Waals surface area contributed by atoms with Crippen LogP contribution in [0.4, 0.5) is 0 Å². The molecule has 1 aliphatic carbocycles. The number of hydrogen-bond acceptors (Lipinski definition) is 3. The first-order valence-electron chi connectivity index (χ1n) is 6.95. The Morgan fingerprint density at radius 1 is 1.44 bits per heavy atom. The van der Waals surface area contributed by atoms with Crippen molar-refractivity contribution >= 4 is 0 Å². The van der Waals surface area contributed by atoms with Crippen LogP contribution in [0.5, 0.6) is 0 Å².